The molecule has 1 saturated carbocycles. The number of nitrogens with zero attached hydrogens (tertiary/aromatic N) is 3. The maximum absolute atomic E-state index is 13.9. The molecule has 0 bridgehead atoms. The monoisotopic (exact) mass is 468 g/mol. The fourth-order valence-electron chi connectivity index (χ4n) is 5.35. The first kappa shape index (κ1) is 21.1. The Labute approximate surface area is 202 Å². The second-order valence-corrected chi connectivity index (χ2v) is 9.31. The first-order chi connectivity index (χ1) is 16.7. The highest BCUT2D eigenvalue weighted by Gasteiger charge is 2.27. The molecule has 0 radical (unpaired) electrons. The number of pyridine rings is 1. The highest BCUT2D eigenvalue weighted by atomic mass is 35.5. The number of nitrogens with one attached hydrogen (secondary N) is 1. The molecule has 0 aliphatic heterocycles. The van der Waals surface area contributed by atoms with Crippen molar-refractivity contribution in [2.24, 2.45) is 0 Å². The highest BCUT2D eigenvalue weighted by Crippen LogP contribution is 2.40. The summed E-state index contributed by atoms with van der Waals surface area (Å²) in [5, 5.41) is 4.41. The first-order valence-corrected chi connectivity index (χ1v) is 12.4. The van der Waals surface area contributed by atoms with Gasteiger partial charge < -0.3 is 0 Å². The Kier molecular flexibility index (Phi) is 5.42. The van der Waals surface area contributed by atoms with Crippen molar-refractivity contribution in [2.75, 3.05) is 0 Å². The quantitative estimate of drug-likeness (QED) is 0.299. The van der Waals surface area contributed by atoms with Crippen molar-refractivity contribution in [1.82, 2.24) is 19.6 Å². The number of aromatic nitrogens is 4. The molecule has 1 aliphatic rings. The van der Waals surface area contributed by atoms with E-state index in [1.807, 2.05) is 48.5 Å². The van der Waals surface area contributed by atoms with Crippen LogP contribution < -0.4 is 5.56 Å². The molecular weight excluding hydrogens is 444 g/mol. The van der Waals surface area contributed by atoms with E-state index in [2.05, 4.69) is 22.2 Å². The molecule has 170 valence electrons. The molecule has 6 rings (SSSR count). The third-order valence-electron chi connectivity index (χ3n) is 6.99. The molecule has 1 fully saturated rings. The van der Waals surface area contributed by atoms with Gasteiger partial charge in [-0.25, -0.2) is 9.50 Å². The second-order valence-electron chi connectivity index (χ2n) is 9.04. The SMILES string of the molecule is O=c1c(-c2ccc3ncccc3c2)c(CCl)nc2c(C3CCCCC3)c(-c3ccccc3)[nH]n12. The van der Waals surface area contributed by atoms with Gasteiger partial charge >= 0.3 is 0 Å². The molecule has 5 nitrogen and oxygen atoms in total. The lowest BCUT2D eigenvalue weighted by Gasteiger charge is -2.22. The van der Waals surface area contributed by atoms with E-state index in [0.717, 1.165) is 46.1 Å². The zero-order chi connectivity index (χ0) is 23.1. The van der Waals surface area contributed by atoms with Crippen LogP contribution in [0.1, 0.15) is 49.3 Å². The van der Waals surface area contributed by atoms with Crippen molar-refractivity contribution in [1.29, 1.82) is 0 Å². The Morgan fingerprint density at radius 1 is 0.971 bits per heavy atom. The predicted molar refractivity (Wildman–Crippen MR) is 137 cm³/mol. The molecule has 1 N–H and O–H groups in total. The van der Waals surface area contributed by atoms with Gasteiger partial charge in [0.2, 0.25) is 0 Å². The zero-order valence-corrected chi connectivity index (χ0v) is 19.6. The van der Waals surface area contributed by atoms with Crippen LogP contribution in [0.15, 0.2) is 71.7 Å². The fourth-order valence-corrected chi connectivity index (χ4v) is 5.55. The van der Waals surface area contributed by atoms with Gasteiger partial charge in [0.15, 0.2) is 5.65 Å². The Bertz CT molecular complexity index is 1550. The molecule has 5 aromatic rings. The van der Waals surface area contributed by atoms with E-state index in [4.69, 9.17) is 16.6 Å². The molecule has 0 saturated heterocycles. The summed E-state index contributed by atoms with van der Waals surface area (Å²) in [5.41, 5.74) is 6.62. The molecule has 3 aromatic heterocycles. The number of halogens is 1. The van der Waals surface area contributed by atoms with E-state index in [-0.39, 0.29) is 11.4 Å². The van der Waals surface area contributed by atoms with E-state index in [0.29, 0.717) is 22.8 Å². The largest absolute Gasteiger partial charge is 0.289 e. The zero-order valence-electron chi connectivity index (χ0n) is 18.8. The molecule has 0 amide bonds. The van der Waals surface area contributed by atoms with Gasteiger partial charge in [0.25, 0.3) is 5.56 Å². The maximum atomic E-state index is 13.9. The summed E-state index contributed by atoms with van der Waals surface area (Å²) in [6, 6.07) is 20.0. The summed E-state index contributed by atoms with van der Waals surface area (Å²) in [6.45, 7) is 0. The van der Waals surface area contributed by atoms with Crippen molar-refractivity contribution in [3.8, 4) is 22.4 Å². The Morgan fingerprint density at radius 3 is 2.59 bits per heavy atom. The summed E-state index contributed by atoms with van der Waals surface area (Å²) in [6.07, 6.45) is 7.65. The van der Waals surface area contributed by atoms with Crippen LogP contribution in [-0.4, -0.2) is 19.6 Å². The number of alkyl halides is 1. The lowest BCUT2D eigenvalue weighted by molar-refractivity contribution is 0.445. The van der Waals surface area contributed by atoms with Crippen molar-refractivity contribution in [3.63, 3.8) is 0 Å². The predicted octanol–water partition coefficient (Wildman–Crippen LogP) is 6.69. The van der Waals surface area contributed by atoms with Gasteiger partial charge in [-0.3, -0.25) is 14.9 Å². The molecule has 0 unspecified atom stereocenters. The average molecular weight is 469 g/mol. The number of aromatic amines is 1. The minimum Gasteiger partial charge on any atom is -0.289 e. The maximum Gasteiger partial charge on any atom is 0.280 e. The van der Waals surface area contributed by atoms with Crippen LogP contribution in [0.25, 0.3) is 38.9 Å². The van der Waals surface area contributed by atoms with E-state index < -0.39 is 0 Å². The van der Waals surface area contributed by atoms with Crippen LogP contribution in [0.2, 0.25) is 0 Å². The summed E-state index contributed by atoms with van der Waals surface area (Å²) < 4.78 is 1.63. The number of rotatable bonds is 4. The van der Waals surface area contributed by atoms with Gasteiger partial charge in [0, 0.05) is 17.1 Å². The Balaban J connectivity index is 1.63. The summed E-state index contributed by atoms with van der Waals surface area (Å²) in [4.78, 5) is 23.4. The molecule has 6 heteroatoms. The molecular formula is C28H25ClN4O. The van der Waals surface area contributed by atoms with Gasteiger partial charge in [0.05, 0.1) is 28.3 Å². The number of hydrogen-bond acceptors (Lipinski definition) is 3. The van der Waals surface area contributed by atoms with E-state index in [9.17, 15) is 4.79 Å². The molecule has 1 aliphatic carbocycles. The second kappa shape index (κ2) is 8.73. The summed E-state index contributed by atoms with van der Waals surface area (Å²) in [5.74, 6) is 0.542. The third kappa shape index (κ3) is 3.51. The summed E-state index contributed by atoms with van der Waals surface area (Å²) >= 11 is 6.40. The van der Waals surface area contributed by atoms with Crippen molar-refractivity contribution < 1.29 is 0 Å². The Hall–Kier alpha value is -3.44. The van der Waals surface area contributed by atoms with Gasteiger partial charge in [0.1, 0.15) is 0 Å². The van der Waals surface area contributed by atoms with Crippen LogP contribution in [-0.2, 0) is 5.88 Å². The van der Waals surface area contributed by atoms with Crippen LogP contribution in [0, 0.1) is 0 Å². The standard InChI is InChI=1S/C28H25ClN4O/c29-17-23-24(21-13-14-22-20(16-21)12-7-15-30-22)28(34)33-27(31-23)25(18-8-3-1-4-9-18)26(32-33)19-10-5-2-6-11-19/h2,5-7,10-16,18,32H,1,3-4,8-9,17H2. The van der Waals surface area contributed by atoms with Gasteiger partial charge in [-0.15, -0.1) is 11.6 Å². The molecule has 3 heterocycles. The smallest absolute Gasteiger partial charge is 0.280 e. The van der Waals surface area contributed by atoms with Gasteiger partial charge in [-0.2, -0.15) is 0 Å². The molecule has 34 heavy (non-hydrogen) atoms. The minimum absolute atomic E-state index is 0.122. The lowest BCUT2D eigenvalue weighted by Crippen LogP contribution is -2.20. The van der Waals surface area contributed by atoms with Crippen molar-refractivity contribution in [3.05, 3.63) is 88.5 Å². The number of H-pyrrole nitrogens is 1. The van der Waals surface area contributed by atoms with Gasteiger partial charge in [-0.05, 0) is 48.1 Å². The van der Waals surface area contributed by atoms with Crippen LogP contribution >= 0.6 is 11.6 Å². The molecule has 0 atom stereocenters. The fraction of sp³-hybridized carbons (Fsp3) is 0.250. The molecule has 2 aromatic carbocycles. The number of benzene rings is 2. The number of hydrogen-bond donors (Lipinski definition) is 1. The first-order valence-electron chi connectivity index (χ1n) is 11.9. The summed E-state index contributed by atoms with van der Waals surface area (Å²) in [7, 11) is 0. The van der Waals surface area contributed by atoms with E-state index in [1.165, 1.54) is 19.3 Å². The minimum atomic E-state index is -0.122. The normalized spacial score (nSPS) is 14.7. The van der Waals surface area contributed by atoms with Crippen LogP contribution in [0.5, 0.6) is 0 Å². The third-order valence-corrected chi connectivity index (χ3v) is 7.24. The topological polar surface area (TPSA) is 63.0 Å². The van der Waals surface area contributed by atoms with E-state index >= 15 is 0 Å². The van der Waals surface area contributed by atoms with Crippen molar-refractivity contribution >= 4 is 28.2 Å². The van der Waals surface area contributed by atoms with E-state index in [1.54, 1.807) is 10.7 Å². The highest BCUT2D eigenvalue weighted by molar-refractivity contribution is 6.17. The van der Waals surface area contributed by atoms with Gasteiger partial charge in [-0.1, -0.05) is 61.7 Å². The lowest BCUT2D eigenvalue weighted by atomic mass is 9.83. The Morgan fingerprint density at radius 2 is 1.79 bits per heavy atom. The molecule has 0 spiro atoms. The average Bonchev–Trinajstić information content (AvgIpc) is 3.29. The number of fused-ring (bicyclic) bond motifs is 2. The van der Waals surface area contributed by atoms with Crippen molar-refractivity contribution in [2.45, 2.75) is 43.9 Å². The van der Waals surface area contributed by atoms with Crippen LogP contribution in [0.4, 0.5) is 0 Å². The van der Waals surface area contributed by atoms with Crippen LogP contribution in [0.3, 0.4) is 0 Å².